The van der Waals surface area contributed by atoms with Gasteiger partial charge in [-0.1, -0.05) is 29.8 Å². The highest BCUT2D eigenvalue weighted by molar-refractivity contribution is 7.92. The normalized spacial score (nSPS) is 11.3. The molecule has 0 atom stereocenters. The molecule has 0 aliphatic rings. The Morgan fingerprint density at radius 2 is 1.64 bits per heavy atom. The maximum absolute atomic E-state index is 12.5. The lowest BCUT2D eigenvalue weighted by Gasteiger charge is -2.11. The molecule has 2 aromatic carbocycles. The predicted octanol–water partition coefficient (Wildman–Crippen LogP) is 4.06. The van der Waals surface area contributed by atoms with Gasteiger partial charge in [-0.05, 0) is 43.3 Å². The van der Waals surface area contributed by atoms with Gasteiger partial charge < -0.3 is 4.42 Å². The van der Waals surface area contributed by atoms with E-state index in [1.54, 1.807) is 54.8 Å². The smallest absolute Gasteiger partial charge is 0.261 e. The summed E-state index contributed by atoms with van der Waals surface area (Å²) in [7, 11) is -3.64. The number of rotatable bonds is 4. The van der Waals surface area contributed by atoms with E-state index in [2.05, 4.69) is 4.72 Å². The number of sulfonamides is 1. The third-order valence-corrected chi connectivity index (χ3v) is 4.67. The number of benzene rings is 2. The van der Waals surface area contributed by atoms with Gasteiger partial charge in [0, 0.05) is 5.56 Å². The number of furan rings is 1. The molecule has 0 amide bonds. The third-order valence-electron chi connectivity index (χ3n) is 3.29. The van der Waals surface area contributed by atoms with Crippen molar-refractivity contribution in [3.8, 4) is 11.3 Å². The van der Waals surface area contributed by atoms with Crippen LogP contribution in [-0.4, -0.2) is 8.42 Å². The molecule has 0 aliphatic heterocycles. The van der Waals surface area contributed by atoms with Gasteiger partial charge in [0.1, 0.15) is 5.76 Å². The van der Waals surface area contributed by atoms with Crippen LogP contribution in [0.4, 0.5) is 5.69 Å². The molecule has 1 aromatic heterocycles. The van der Waals surface area contributed by atoms with E-state index in [4.69, 9.17) is 4.42 Å². The second-order valence-electron chi connectivity index (χ2n) is 4.94. The van der Waals surface area contributed by atoms with E-state index in [1.165, 1.54) is 0 Å². The average Bonchev–Trinajstić information content (AvgIpc) is 3.02. The van der Waals surface area contributed by atoms with Crippen LogP contribution in [0.1, 0.15) is 5.56 Å². The summed E-state index contributed by atoms with van der Waals surface area (Å²) in [6.45, 7) is 1.91. The largest absolute Gasteiger partial charge is 0.464 e. The van der Waals surface area contributed by atoms with E-state index < -0.39 is 10.0 Å². The number of anilines is 1. The topological polar surface area (TPSA) is 59.3 Å². The van der Waals surface area contributed by atoms with Gasteiger partial charge in [-0.3, -0.25) is 4.72 Å². The fourth-order valence-electron chi connectivity index (χ4n) is 2.14. The van der Waals surface area contributed by atoms with Crippen LogP contribution in [0.15, 0.2) is 76.2 Å². The monoisotopic (exact) mass is 313 g/mol. The Hall–Kier alpha value is -2.53. The van der Waals surface area contributed by atoms with Crippen molar-refractivity contribution >= 4 is 15.7 Å². The lowest BCUT2D eigenvalue weighted by molar-refractivity contribution is 0.582. The highest BCUT2D eigenvalue weighted by Crippen LogP contribution is 2.29. The second-order valence-corrected chi connectivity index (χ2v) is 6.62. The first-order valence-corrected chi connectivity index (χ1v) is 8.27. The summed E-state index contributed by atoms with van der Waals surface area (Å²) >= 11 is 0. The summed E-state index contributed by atoms with van der Waals surface area (Å²) in [6.07, 6.45) is 1.56. The van der Waals surface area contributed by atoms with Crippen LogP contribution in [-0.2, 0) is 10.0 Å². The van der Waals surface area contributed by atoms with Crippen LogP contribution in [0.3, 0.4) is 0 Å². The second kappa shape index (κ2) is 5.69. The molecule has 0 saturated heterocycles. The summed E-state index contributed by atoms with van der Waals surface area (Å²) in [4.78, 5) is 0.229. The molecular formula is C17H15NO3S. The van der Waals surface area contributed by atoms with Crippen LogP contribution in [0.2, 0.25) is 0 Å². The maximum Gasteiger partial charge on any atom is 0.261 e. The lowest BCUT2D eigenvalue weighted by Crippen LogP contribution is -2.13. The molecule has 0 saturated carbocycles. The first-order valence-electron chi connectivity index (χ1n) is 6.79. The Morgan fingerprint density at radius 1 is 0.909 bits per heavy atom. The molecular weight excluding hydrogens is 298 g/mol. The SMILES string of the molecule is Cc1ccc(S(=O)(=O)Nc2ccccc2-c2ccco2)cc1. The van der Waals surface area contributed by atoms with Gasteiger partial charge in [-0.25, -0.2) is 8.42 Å². The standard InChI is InChI=1S/C17H15NO3S/c1-13-8-10-14(11-9-13)22(19,20)18-16-6-3-2-5-15(16)17-7-4-12-21-17/h2-12,18H,1H3. The zero-order valence-corrected chi connectivity index (χ0v) is 12.8. The number of hydrogen-bond donors (Lipinski definition) is 1. The Balaban J connectivity index is 1.98. The van der Waals surface area contributed by atoms with Gasteiger partial charge in [0.25, 0.3) is 10.0 Å². The zero-order chi connectivity index (χ0) is 15.6. The summed E-state index contributed by atoms with van der Waals surface area (Å²) in [5.41, 5.74) is 2.19. The van der Waals surface area contributed by atoms with Crippen molar-refractivity contribution in [1.29, 1.82) is 0 Å². The first kappa shape index (κ1) is 14.4. The van der Waals surface area contributed by atoms with Gasteiger partial charge in [-0.15, -0.1) is 0 Å². The fourth-order valence-corrected chi connectivity index (χ4v) is 3.22. The molecule has 0 radical (unpaired) electrons. The Labute approximate surface area is 129 Å². The molecule has 5 heteroatoms. The number of para-hydroxylation sites is 1. The van der Waals surface area contributed by atoms with Crippen molar-refractivity contribution in [2.24, 2.45) is 0 Å². The van der Waals surface area contributed by atoms with Crippen LogP contribution < -0.4 is 4.72 Å². The van der Waals surface area contributed by atoms with E-state index >= 15 is 0 Å². The van der Waals surface area contributed by atoms with Gasteiger partial charge >= 0.3 is 0 Å². The predicted molar refractivity (Wildman–Crippen MR) is 86.1 cm³/mol. The molecule has 22 heavy (non-hydrogen) atoms. The number of aryl methyl sites for hydroxylation is 1. The minimum atomic E-state index is -3.64. The molecule has 112 valence electrons. The summed E-state index contributed by atoms with van der Waals surface area (Å²) in [5, 5.41) is 0. The summed E-state index contributed by atoms with van der Waals surface area (Å²) < 4.78 is 33.0. The molecule has 1 heterocycles. The van der Waals surface area contributed by atoms with Crippen molar-refractivity contribution in [3.63, 3.8) is 0 Å². The highest BCUT2D eigenvalue weighted by atomic mass is 32.2. The minimum Gasteiger partial charge on any atom is -0.464 e. The van der Waals surface area contributed by atoms with Gasteiger partial charge in [-0.2, -0.15) is 0 Å². The molecule has 4 nitrogen and oxygen atoms in total. The number of nitrogens with one attached hydrogen (secondary N) is 1. The average molecular weight is 313 g/mol. The molecule has 0 aliphatic carbocycles. The Kier molecular flexibility index (Phi) is 3.73. The summed E-state index contributed by atoms with van der Waals surface area (Å²) in [5.74, 6) is 0.613. The van der Waals surface area contributed by atoms with Crippen molar-refractivity contribution in [1.82, 2.24) is 0 Å². The molecule has 1 N–H and O–H groups in total. The van der Waals surface area contributed by atoms with Crippen LogP contribution in [0, 0.1) is 6.92 Å². The van der Waals surface area contributed by atoms with E-state index in [0.29, 0.717) is 17.0 Å². The van der Waals surface area contributed by atoms with E-state index in [9.17, 15) is 8.42 Å². The third kappa shape index (κ3) is 2.89. The van der Waals surface area contributed by atoms with Gasteiger partial charge in [0.05, 0.1) is 16.8 Å². The zero-order valence-electron chi connectivity index (χ0n) is 12.0. The fraction of sp³-hybridized carbons (Fsp3) is 0.0588. The Morgan fingerprint density at radius 3 is 2.32 bits per heavy atom. The maximum atomic E-state index is 12.5. The van der Waals surface area contributed by atoms with Gasteiger partial charge in [0.2, 0.25) is 0 Å². The van der Waals surface area contributed by atoms with Crippen molar-refractivity contribution in [2.75, 3.05) is 4.72 Å². The Bertz CT molecular complexity index is 867. The molecule has 0 unspecified atom stereocenters. The van der Waals surface area contributed by atoms with Crippen molar-refractivity contribution in [2.45, 2.75) is 11.8 Å². The molecule has 3 aromatic rings. The van der Waals surface area contributed by atoms with E-state index in [1.807, 2.05) is 19.1 Å². The van der Waals surface area contributed by atoms with Crippen molar-refractivity contribution < 1.29 is 12.8 Å². The molecule has 0 spiro atoms. The first-order chi connectivity index (χ1) is 10.6. The lowest BCUT2D eigenvalue weighted by atomic mass is 10.1. The van der Waals surface area contributed by atoms with Crippen molar-refractivity contribution in [3.05, 3.63) is 72.5 Å². The van der Waals surface area contributed by atoms with Crippen LogP contribution in [0.25, 0.3) is 11.3 Å². The number of hydrogen-bond acceptors (Lipinski definition) is 3. The van der Waals surface area contributed by atoms with E-state index in [-0.39, 0.29) is 4.90 Å². The molecule has 0 fully saturated rings. The van der Waals surface area contributed by atoms with Crippen LogP contribution >= 0.6 is 0 Å². The van der Waals surface area contributed by atoms with Crippen LogP contribution in [0.5, 0.6) is 0 Å². The highest BCUT2D eigenvalue weighted by Gasteiger charge is 2.16. The molecule has 0 bridgehead atoms. The minimum absolute atomic E-state index is 0.229. The van der Waals surface area contributed by atoms with E-state index in [0.717, 1.165) is 5.56 Å². The summed E-state index contributed by atoms with van der Waals surface area (Å²) in [6, 6.07) is 17.4. The molecule has 3 rings (SSSR count). The van der Waals surface area contributed by atoms with Gasteiger partial charge in [0.15, 0.2) is 0 Å². The quantitative estimate of drug-likeness (QED) is 0.790.